The van der Waals surface area contributed by atoms with Crippen LogP contribution in [0.5, 0.6) is 0 Å². The molecule has 5 heteroatoms. The summed E-state index contributed by atoms with van der Waals surface area (Å²) in [4.78, 5) is 15.8. The molecule has 0 spiro atoms. The SMILES string of the molecule is c1ccc(-c2nc(-c3ccc(-c4ccc(-c5nc6ccccc6c6c5sc5ccccc56)c5ccccc45)cc3)cc(-c3cccc(-n4c5ccccc5c5ccccc54)c3)n2)cc1. The third-order valence-electron chi connectivity index (χ3n) is 12.6. The van der Waals surface area contributed by atoms with Gasteiger partial charge in [0.25, 0.3) is 0 Å². The molecule has 0 bridgehead atoms. The van der Waals surface area contributed by atoms with Crippen LogP contribution in [0.1, 0.15) is 0 Å². The number of benzene rings is 9. The number of fused-ring (bicyclic) bond motifs is 9. The summed E-state index contributed by atoms with van der Waals surface area (Å²) in [5.41, 5.74) is 13.7. The van der Waals surface area contributed by atoms with E-state index in [4.69, 9.17) is 15.0 Å². The summed E-state index contributed by atoms with van der Waals surface area (Å²) in [5, 5.41) is 8.60. The Labute approximate surface area is 373 Å². The molecule has 0 atom stereocenters. The largest absolute Gasteiger partial charge is 0.309 e. The Morgan fingerprint density at radius 3 is 1.67 bits per heavy atom. The zero-order chi connectivity index (χ0) is 42.1. The molecule has 0 aliphatic heterocycles. The van der Waals surface area contributed by atoms with Gasteiger partial charge in [-0.25, -0.2) is 15.0 Å². The molecule has 0 unspecified atom stereocenters. The fourth-order valence-electron chi connectivity index (χ4n) is 9.66. The van der Waals surface area contributed by atoms with E-state index in [9.17, 15) is 0 Å². The summed E-state index contributed by atoms with van der Waals surface area (Å²) in [6.45, 7) is 0. The van der Waals surface area contributed by atoms with Crippen molar-refractivity contribution < 1.29 is 0 Å². The van der Waals surface area contributed by atoms with E-state index in [1.54, 1.807) is 0 Å². The summed E-state index contributed by atoms with van der Waals surface area (Å²) in [6.07, 6.45) is 0. The molecule has 13 rings (SSSR count). The molecule has 0 N–H and O–H groups in total. The van der Waals surface area contributed by atoms with E-state index >= 15 is 0 Å². The lowest BCUT2D eigenvalue weighted by atomic mass is 9.92. The summed E-state index contributed by atoms with van der Waals surface area (Å²) in [6, 6.07) is 77.7. The van der Waals surface area contributed by atoms with Gasteiger partial charge >= 0.3 is 0 Å². The fourth-order valence-corrected chi connectivity index (χ4v) is 10.9. The van der Waals surface area contributed by atoms with E-state index in [1.165, 1.54) is 63.7 Å². The van der Waals surface area contributed by atoms with Crippen LogP contribution in [0.2, 0.25) is 0 Å². The molecule has 0 aliphatic rings. The number of aromatic nitrogens is 4. The van der Waals surface area contributed by atoms with Gasteiger partial charge in [0.2, 0.25) is 0 Å². The quantitative estimate of drug-likeness (QED) is 0.168. The Bertz CT molecular complexity index is 3900. The average molecular weight is 833 g/mol. The third-order valence-corrected chi connectivity index (χ3v) is 13.8. The van der Waals surface area contributed by atoms with Crippen molar-refractivity contribution in [1.29, 1.82) is 0 Å². The van der Waals surface area contributed by atoms with Gasteiger partial charge in [-0.15, -0.1) is 11.3 Å². The number of hydrogen-bond donors (Lipinski definition) is 0. The first-order valence-corrected chi connectivity index (χ1v) is 22.4. The number of hydrogen-bond acceptors (Lipinski definition) is 4. The van der Waals surface area contributed by atoms with E-state index in [2.05, 4.69) is 205 Å². The minimum atomic E-state index is 0.691. The topological polar surface area (TPSA) is 43.6 Å². The van der Waals surface area contributed by atoms with Crippen molar-refractivity contribution in [2.24, 2.45) is 0 Å². The lowest BCUT2D eigenvalue weighted by Crippen LogP contribution is -1.98. The lowest BCUT2D eigenvalue weighted by Gasteiger charge is -2.14. The highest BCUT2D eigenvalue weighted by molar-refractivity contribution is 7.26. The number of nitrogens with zero attached hydrogens (tertiary/aromatic N) is 4. The van der Waals surface area contributed by atoms with E-state index in [0.29, 0.717) is 5.82 Å². The second-order valence-electron chi connectivity index (χ2n) is 16.3. The molecule has 64 heavy (non-hydrogen) atoms. The second-order valence-corrected chi connectivity index (χ2v) is 17.4. The van der Waals surface area contributed by atoms with Crippen molar-refractivity contribution in [2.75, 3.05) is 0 Å². The third kappa shape index (κ3) is 5.86. The van der Waals surface area contributed by atoms with Crippen LogP contribution in [-0.2, 0) is 0 Å². The van der Waals surface area contributed by atoms with Gasteiger partial charge in [0.1, 0.15) is 0 Å². The standard InChI is InChI=1S/C59H36N4S/c1-2-15-39(16-3-1)59-61-51(36-52(62-59)40-17-14-18-41(35-40)63-53-26-11-7-21-45(53)46-22-8-12-27-54(46)63)38-31-29-37(30-32-38)42-33-34-47(44-20-5-4-19-43(42)44)57-58-56(48-23-6-10-25-50(48)60-57)49-24-9-13-28-55(49)64-58/h1-36H. The van der Waals surface area contributed by atoms with Crippen molar-refractivity contribution in [3.8, 4) is 62.0 Å². The van der Waals surface area contributed by atoms with Crippen LogP contribution in [0, 0.1) is 0 Å². The van der Waals surface area contributed by atoms with Crippen LogP contribution in [-0.4, -0.2) is 19.5 Å². The minimum absolute atomic E-state index is 0.691. The highest BCUT2D eigenvalue weighted by Crippen LogP contribution is 2.45. The molecule has 0 amide bonds. The Morgan fingerprint density at radius 2 is 0.922 bits per heavy atom. The molecule has 13 aromatic rings. The smallest absolute Gasteiger partial charge is 0.160 e. The van der Waals surface area contributed by atoms with Crippen molar-refractivity contribution in [1.82, 2.24) is 19.5 Å². The summed E-state index contributed by atoms with van der Waals surface area (Å²) >= 11 is 1.83. The van der Waals surface area contributed by atoms with Gasteiger partial charge in [-0.2, -0.15) is 0 Å². The average Bonchev–Trinajstić information content (AvgIpc) is 3.93. The minimum Gasteiger partial charge on any atom is -0.309 e. The molecule has 4 heterocycles. The van der Waals surface area contributed by atoms with Gasteiger partial charge in [-0.3, -0.25) is 0 Å². The highest BCUT2D eigenvalue weighted by Gasteiger charge is 2.20. The van der Waals surface area contributed by atoms with E-state index in [-0.39, 0.29) is 0 Å². The van der Waals surface area contributed by atoms with Gasteiger partial charge in [0.15, 0.2) is 5.82 Å². The van der Waals surface area contributed by atoms with Crippen LogP contribution in [0.15, 0.2) is 218 Å². The summed E-state index contributed by atoms with van der Waals surface area (Å²) in [5.74, 6) is 0.691. The zero-order valence-electron chi connectivity index (χ0n) is 34.5. The van der Waals surface area contributed by atoms with Crippen molar-refractivity contribution in [3.63, 3.8) is 0 Å². The van der Waals surface area contributed by atoms with Gasteiger partial charge in [-0.05, 0) is 64.4 Å². The van der Waals surface area contributed by atoms with E-state index < -0.39 is 0 Å². The molecule has 4 aromatic heterocycles. The molecule has 0 aliphatic carbocycles. The van der Waals surface area contributed by atoms with Crippen molar-refractivity contribution in [2.45, 2.75) is 0 Å². The van der Waals surface area contributed by atoms with Gasteiger partial charge < -0.3 is 4.57 Å². The van der Waals surface area contributed by atoms with Gasteiger partial charge in [0, 0.05) is 59.6 Å². The second kappa shape index (κ2) is 14.7. The number of pyridine rings is 1. The number of rotatable bonds is 6. The zero-order valence-corrected chi connectivity index (χ0v) is 35.3. The van der Waals surface area contributed by atoms with Crippen molar-refractivity contribution in [3.05, 3.63) is 218 Å². The van der Waals surface area contributed by atoms with Crippen LogP contribution in [0.3, 0.4) is 0 Å². The molecule has 0 saturated carbocycles. The first-order valence-electron chi connectivity index (χ1n) is 21.6. The first-order chi connectivity index (χ1) is 31.7. The molecule has 9 aromatic carbocycles. The maximum atomic E-state index is 5.36. The Morgan fingerprint density at radius 1 is 0.359 bits per heavy atom. The van der Waals surface area contributed by atoms with Crippen LogP contribution in [0.25, 0.3) is 126 Å². The Kier molecular flexibility index (Phi) is 8.36. The maximum absolute atomic E-state index is 5.36. The summed E-state index contributed by atoms with van der Waals surface area (Å²) in [7, 11) is 0. The van der Waals surface area contributed by atoms with Gasteiger partial charge in [-0.1, -0.05) is 176 Å². The maximum Gasteiger partial charge on any atom is 0.160 e. The van der Waals surface area contributed by atoms with Crippen LogP contribution in [0.4, 0.5) is 0 Å². The van der Waals surface area contributed by atoms with E-state index in [0.717, 1.165) is 56.1 Å². The Balaban J connectivity index is 0.916. The number of thiophene rings is 1. The summed E-state index contributed by atoms with van der Waals surface area (Å²) < 4.78 is 4.85. The predicted molar refractivity (Wildman–Crippen MR) is 269 cm³/mol. The van der Waals surface area contributed by atoms with E-state index in [1.807, 2.05) is 29.5 Å². The first kappa shape index (κ1) is 36.4. The van der Waals surface area contributed by atoms with Crippen LogP contribution >= 0.6 is 11.3 Å². The number of para-hydroxylation sites is 3. The molecule has 4 nitrogen and oxygen atoms in total. The molecular weight excluding hydrogens is 797 g/mol. The fraction of sp³-hybridized carbons (Fsp3) is 0. The molecular formula is C59H36N4S. The molecule has 0 fully saturated rings. The van der Waals surface area contributed by atoms with Crippen LogP contribution < -0.4 is 0 Å². The molecule has 0 saturated heterocycles. The highest BCUT2D eigenvalue weighted by atomic mass is 32.1. The van der Waals surface area contributed by atoms with Crippen molar-refractivity contribution >= 4 is 75.0 Å². The van der Waals surface area contributed by atoms with Gasteiger partial charge in [0.05, 0.1) is 38.3 Å². The monoisotopic (exact) mass is 832 g/mol. The lowest BCUT2D eigenvalue weighted by molar-refractivity contribution is 1.16. The predicted octanol–water partition coefficient (Wildman–Crippen LogP) is 16.0. The molecule has 298 valence electrons. The normalized spacial score (nSPS) is 11.8. The molecule has 0 radical (unpaired) electrons. The Hall–Kier alpha value is -8.25.